The van der Waals surface area contributed by atoms with Crippen LogP contribution in [0.3, 0.4) is 0 Å². The molecule has 2 aromatic rings. The summed E-state index contributed by atoms with van der Waals surface area (Å²) in [7, 11) is 5.13. The molecule has 3 N–H and O–H groups in total. The van der Waals surface area contributed by atoms with E-state index in [9.17, 15) is 0 Å². The van der Waals surface area contributed by atoms with E-state index in [1.807, 2.05) is 0 Å². The number of rotatable bonds is 6. The van der Waals surface area contributed by atoms with Gasteiger partial charge < -0.3 is 20.4 Å². The molecule has 1 radical (unpaired) electrons. The van der Waals surface area contributed by atoms with E-state index in [1.165, 1.54) is 22.4 Å². The standard InChI is InChI=1S/C21H26N2O.CH4O.Y/c1-23(2)19-7-3-16(4-8-19)11-13-22-21-10-6-18-15-17(12-14-24)5-9-20(18)21;1-2;/h3-5,7-9,12,14-15,21-22,24H,6,10-11,13H2,1-2H3;2H,1H3;/b14-12+;;. The van der Waals surface area contributed by atoms with Crippen molar-refractivity contribution in [2.45, 2.75) is 25.3 Å². The minimum Gasteiger partial charge on any atom is -0.516 e. The molecule has 0 fully saturated rings. The molecule has 0 amide bonds. The second-order valence-electron chi connectivity index (χ2n) is 6.63. The topological polar surface area (TPSA) is 55.7 Å². The maximum atomic E-state index is 8.90. The Labute approximate surface area is 188 Å². The zero-order valence-electron chi connectivity index (χ0n) is 16.5. The van der Waals surface area contributed by atoms with E-state index in [1.54, 1.807) is 6.08 Å². The molecule has 0 saturated carbocycles. The fraction of sp³-hybridized carbons (Fsp3) is 0.364. The Balaban J connectivity index is 0.00000118. The van der Waals surface area contributed by atoms with Crippen molar-refractivity contribution in [2.24, 2.45) is 0 Å². The molecule has 27 heavy (non-hydrogen) atoms. The Morgan fingerprint density at radius 2 is 1.81 bits per heavy atom. The fourth-order valence-electron chi connectivity index (χ4n) is 3.39. The van der Waals surface area contributed by atoms with Gasteiger partial charge in [0.1, 0.15) is 0 Å². The molecule has 3 rings (SSSR count). The summed E-state index contributed by atoms with van der Waals surface area (Å²) in [5.74, 6) is 0. The van der Waals surface area contributed by atoms with Crippen LogP contribution in [0.4, 0.5) is 5.69 Å². The zero-order chi connectivity index (χ0) is 18.9. The molecule has 0 heterocycles. The maximum Gasteiger partial charge on any atom is 0.0797 e. The van der Waals surface area contributed by atoms with Gasteiger partial charge in [-0.05, 0) is 66.3 Å². The maximum absolute atomic E-state index is 8.90. The van der Waals surface area contributed by atoms with Gasteiger partial charge in [0.05, 0.1) is 6.26 Å². The predicted octanol–water partition coefficient (Wildman–Crippen LogP) is 3.71. The van der Waals surface area contributed by atoms with Crippen LogP contribution >= 0.6 is 0 Å². The first-order valence-corrected chi connectivity index (χ1v) is 9.05. The van der Waals surface area contributed by atoms with Crippen LogP contribution in [-0.2, 0) is 45.6 Å². The summed E-state index contributed by atoms with van der Waals surface area (Å²) < 4.78 is 0. The summed E-state index contributed by atoms with van der Waals surface area (Å²) in [6.07, 6.45) is 6.15. The molecule has 143 valence electrons. The molecule has 0 aromatic heterocycles. The molecular formula is C22H30N2O2Y. The second kappa shape index (κ2) is 12.3. The van der Waals surface area contributed by atoms with E-state index in [-0.39, 0.29) is 32.7 Å². The monoisotopic (exact) mass is 443 g/mol. The molecule has 0 bridgehead atoms. The van der Waals surface area contributed by atoms with Gasteiger partial charge in [0, 0.05) is 65.6 Å². The van der Waals surface area contributed by atoms with E-state index < -0.39 is 0 Å². The van der Waals surface area contributed by atoms with Crippen LogP contribution < -0.4 is 10.2 Å². The molecule has 5 heteroatoms. The molecule has 4 nitrogen and oxygen atoms in total. The summed E-state index contributed by atoms with van der Waals surface area (Å²) in [4.78, 5) is 2.12. The van der Waals surface area contributed by atoms with Crippen molar-refractivity contribution >= 4 is 11.8 Å². The van der Waals surface area contributed by atoms with Gasteiger partial charge in [-0.25, -0.2) is 0 Å². The Hall–Kier alpha value is -1.20. The van der Waals surface area contributed by atoms with Crippen molar-refractivity contribution < 1.29 is 42.9 Å². The Kier molecular flexibility index (Phi) is 10.9. The van der Waals surface area contributed by atoms with Crippen molar-refractivity contribution in [1.82, 2.24) is 5.32 Å². The van der Waals surface area contributed by atoms with E-state index in [2.05, 4.69) is 66.8 Å². The van der Waals surface area contributed by atoms with Crippen LogP contribution in [0.1, 0.15) is 34.7 Å². The molecule has 0 saturated heterocycles. The van der Waals surface area contributed by atoms with Crippen LogP contribution in [0.2, 0.25) is 0 Å². The SMILES string of the molecule is CN(C)c1ccc(CCNC2CCc3cc(/C=C/O)ccc32)cc1.CO.[Y]. The molecule has 1 aliphatic carbocycles. The number of fused-ring (bicyclic) bond motifs is 1. The first-order valence-electron chi connectivity index (χ1n) is 9.05. The van der Waals surface area contributed by atoms with E-state index in [0.29, 0.717) is 6.04 Å². The van der Waals surface area contributed by atoms with Crippen molar-refractivity contribution in [3.8, 4) is 0 Å². The quantitative estimate of drug-likeness (QED) is 0.596. The van der Waals surface area contributed by atoms with Crippen LogP contribution in [-0.4, -0.2) is 38.0 Å². The van der Waals surface area contributed by atoms with Gasteiger partial charge in [0.25, 0.3) is 0 Å². The van der Waals surface area contributed by atoms with E-state index in [0.717, 1.165) is 44.7 Å². The number of nitrogens with one attached hydrogen (secondary N) is 1. The Bertz CT molecular complexity index is 715. The van der Waals surface area contributed by atoms with Gasteiger partial charge >= 0.3 is 0 Å². The van der Waals surface area contributed by atoms with Gasteiger partial charge in [-0.1, -0.05) is 30.3 Å². The second-order valence-corrected chi connectivity index (χ2v) is 6.63. The first-order chi connectivity index (χ1) is 12.7. The molecule has 1 unspecified atom stereocenters. The molecule has 0 aliphatic heterocycles. The summed E-state index contributed by atoms with van der Waals surface area (Å²) in [5, 5.41) is 19.6. The van der Waals surface area contributed by atoms with Gasteiger partial charge in [0.15, 0.2) is 0 Å². The zero-order valence-corrected chi connectivity index (χ0v) is 19.4. The van der Waals surface area contributed by atoms with Crippen LogP contribution in [0.25, 0.3) is 6.08 Å². The molecule has 1 atom stereocenters. The van der Waals surface area contributed by atoms with Crippen molar-refractivity contribution in [3.63, 3.8) is 0 Å². The summed E-state index contributed by atoms with van der Waals surface area (Å²) in [5.41, 5.74) is 6.49. The van der Waals surface area contributed by atoms with Gasteiger partial charge in [-0.2, -0.15) is 0 Å². The first kappa shape index (κ1) is 23.8. The van der Waals surface area contributed by atoms with Crippen LogP contribution in [0.5, 0.6) is 0 Å². The smallest absolute Gasteiger partial charge is 0.0797 e. The third-order valence-electron chi connectivity index (χ3n) is 4.77. The number of hydrogen-bond donors (Lipinski definition) is 3. The van der Waals surface area contributed by atoms with Gasteiger partial charge in [-0.15, -0.1) is 0 Å². The van der Waals surface area contributed by atoms with Crippen LogP contribution in [0, 0.1) is 0 Å². The van der Waals surface area contributed by atoms with Gasteiger partial charge in [-0.3, -0.25) is 0 Å². The normalized spacial score (nSPS) is 14.9. The molecule has 0 spiro atoms. The molecule has 2 aromatic carbocycles. The minimum absolute atomic E-state index is 0. The van der Waals surface area contributed by atoms with E-state index in [4.69, 9.17) is 10.2 Å². The van der Waals surface area contributed by atoms with E-state index >= 15 is 0 Å². The van der Waals surface area contributed by atoms with Crippen LogP contribution in [0.15, 0.2) is 48.7 Å². The third kappa shape index (κ3) is 6.72. The summed E-state index contributed by atoms with van der Waals surface area (Å²) >= 11 is 0. The van der Waals surface area contributed by atoms with Crippen molar-refractivity contribution in [1.29, 1.82) is 0 Å². The summed E-state index contributed by atoms with van der Waals surface area (Å²) in [6, 6.07) is 15.7. The number of aliphatic hydroxyl groups is 2. The Morgan fingerprint density at radius 1 is 1.11 bits per heavy atom. The average molecular weight is 443 g/mol. The summed E-state index contributed by atoms with van der Waals surface area (Å²) in [6.45, 7) is 0.990. The number of aliphatic hydroxyl groups excluding tert-OH is 2. The number of hydrogen-bond acceptors (Lipinski definition) is 4. The number of anilines is 1. The largest absolute Gasteiger partial charge is 0.516 e. The fourth-order valence-corrected chi connectivity index (χ4v) is 3.39. The Morgan fingerprint density at radius 3 is 2.44 bits per heavy atom. The number of aryl methyl sites for hydroxylation is 1. The average Bonchev–Trinajstić information content (AvgIpc) is 3.06. The minimum atomic E-state index is 0. The van der Waals surface area contributed by atoms with Crippen molar-refractivity contribution in [2.75, 3.05) is 32.6 Å². The predicted molar refractivity (Wildman–Crippen MR) is 110 cm³/mol. The number of nitrogens with zero attached hydrogens (tertiary/aromatic N) is 1. The van der Waals surface area contributed by atoms with Crippen molar-refractivity contribution in [3.05, 3.63) is 71.0 Å². The third-order valence-corrected chi connectivity index (χ3v) is 4.77. The number of benzene rings is 2. The molecular weight excluding hydrogens is 413 g/mol. The van der Waals surface area contributed by atoms with Gasteiger partial charge in [0.2, 0.25) is 0 Å². The molecule has 1 aliphatic rings.